The molecule has 0 fully saturated rings. The summed E-state index contributed by atoms with van der Waals surface area (Å²) < 4.78 is 11.4. The van der Waals surface area contributed by atoms with Gasteiger partial charge in [0.1, 0.15) is 31.1 Å². The third kappa shape index (κ3) is 6.96. The largest absolute Gasteiger partial charge is 0.490 e. The standard InChI is InChI=1S/C20H22N2O3/c1-16-4-2-6-18(14-16)24-12-13-25-19-7-3-5-17(15-19)9-11-22-20(23)8-10-21/h2-7,14-15H,8-9,11-13H2,1H3,(H,22,23). The average molecular weight is 338 g/mol. The van der Waals surface area contributed by atoms with Gasteiger partial charge < -0.3 is 14.8 Å². The second-order valence-corrected chi connectivity index (χ2v) is 5.60. The summed E-state index contributed by atoms with van der Waals surface area (Å²) in [5.74, 6) is 1.36. The molecule has 0 spiro atoms. The molecule has 0 unspecified atom stereocenters. The van der Waals surface area contributed by atoms with Gasteiger partial charge in [-0.05, 0) is 48.7 Å². The minimum absolute atomic E-state index is 0.107. The number of amides is 1. The van der Waals surface area contributed by atoms with E-state index >= 15 is 0 Å². The summed E-state index contributed by atoms with van der Waals surface area (Å²) in [6.45, 7) is 3.45. The van der Waals surface area contributed by atoms with Crippen molar-refractivity contribution in [2.45, 2.75) is 19.8 Å². The fraction of sp³-hybridized carbons (Fsp3) is 0.300. The lowest BCUT2D eigenvalue weighted by Gasteiger charge is -2.10. The molecule has 5 heteroatoms. The molecule has 130 valence electrons. The number of carbonyl (C=O) groups is 1. The summed E-state index contributed by atoms with van der Waals surface area (Å²) in [7, 11) is 0. The molecule has 2 aromatic carbocycles. The molecular formula is C20H22N2O3. The first-order valence-corrected chi connectivity index (χ1v) is 8.22. The number of nitrogens with one attached hydrogen (secondary N) is 1. The Hall–Kier alpha value is -3.00. The maximum atomic E-state index is 11.2. The average Bonchev–Trinajstić information content (AvgIpc) is 2.59. The number of benzene rings is 2. The molecule has 0 saturated heterocycles. The molecule has 25 heavy (non-hydrogen) atoms. The lowest BCUT2D eigenvalue weighted by atomic mass is 10.1. The maximum absolute atomic E-state index is 11.2. The topological polar surface area (TPSA) is 71.3 Å². The van der Waals surface area contributed by atoms with Gasteiger partial charge in [0.15, 0.2) is 0 Å². The van der Waals surface area contributed by atoms with Crippen LogP contribution >= 0.6 is 0 Å². The lowest BCUT2D eigenvalue weighted by Crippen LogP contribution is -2.24. The Balaban J connectivity index is 1.72. The van der Waals surface area contributed by atoms with Crippen LogP contribution in [-0.4, -0.2) is 25.7 Å². The van der Waals surface area contributed by atoms with Gasteiger partial charge in [-0.15, -0.1) is 0 Å². The quantitative estimate of drug-likeness (QED) is 0.714. The second kappa shape index (κ2) is 9.99. The van der Waals surface area contributed by atoms with Crippen molar-refractivity contribution in [2.75, 3.05) is 19.8 Å². The monoisotopic (exact) mass is 338 g/mol. The number of aryl methyl sites for hydroxylation is 1. The van der Waals surface area contributed by atoms with Crippen LogP contribution in [0.15, 0.2) is 48.5 Å². The van der Waals surface area contributed by atoms with E-state index in [1.165, 1.54) is 0 Å². The molecule has 1 amide bonds. The summed E-state index contributed by atoms with van der Waals surface area (Å²) in [5.41, 5.74) is 2.22. The van der Waals surface area contributed by atoms with E-state index in [0.29, 0.717) is 26.2 Å². The van der Waals surface area contributed by atoms with E-state index in [1.807, 2.05) is 61.5 Å². The highest BCUT2D eigenvalue weighted by Gasteiger charge is 2.01. The predicted octanol–water partition coefficient (Wildman–Crippen LogP) is 3.03. The van der Waals surface area contributed by atoms with Crippen LogP contribution in [0.3, 0.4) is 0 Å². The van der Waals surface area contributed by atoms with Crippen molar-refractivity contribution in [1.29, 1.82) is 5.26 Å². The van der Waals surface area contributed by atoms with E-state index in [0.717, 1.165) is 22.6 Å². The molecule has 0 aliphatic rings. The van der Waals surface area contributed by atoms with Gasteiger partial charge in [-0.2, -0.15) is 5.26 Å². The van der Waals surface area contributed by atoms with Crippen molar-refractivity contribution < 1.29 is 14.3 Å². The lowest BCUT2D eigenvalue weighted by molar-refractivity contribution is -0.120. The Bertz CT molecular complexity index is 738. The molecule has 0 heterocycles. The fourth-order valence-electron chi connectivity index (χ4n) is 2.30. The maximum Gasteiger partial charge on any atom is 0.234 e. The normalized spacial score (nSPS) is 9.92. The minimum Gasteiger partial charge on any atom is -0.490 e. The van der Waals surface area contributed by atoms with Crippen LogP contribution in [0.2, 0.25) is 0 Å². The van der Waals surface area contributed by atoms with Gasteiger partial charge in [0.2, 0.25) is 5.91 Å². The third-order valence-electron chi connectivity index (χ3n) is 3.48. The van der Waals surface area contributed by atoms with Crippen LogP contribution in [0, 0.1) is 18.3 Å². The zero-order valence-electron chi connectivity index (χ0n) is 14.3. The minimum atomic E-state index is -0.247. The Morgan fingerprint density at radius 3 is 2.44 bits per heavy atom. The van der Waals surface area contributed by atoms with Crippen LogP contribution in [0.25, 0.3) is 0 Å². The molecule has 0 radical (unpaired) electrons. The smallest absolute Gasteiger partial charge is 0.234 e. The van der Waals surface area contributed by atoms with E-state index in [2.05, 4.69) is 5.32 Å². The summed E-state index contributed by atoms with van der Waals surface area (Å²) in [6, 6.07) is 17.5. The highest BCUT2D eigenvalue weighted by Crippen LogP contribution is 2.15. The molecule has 1 N–H and O–H groups in total. The number of nitrogens with zero attached hydrogens (tertiary/aromatic N) is 1. The number of rotatable bonds is 9. The van der Waals surface area contributed by atoms with Crippen molar-refractivity contribution in [1.82, 2.24) is 5.32 Å². The van der Waals surface area contributed by atoms with Crippen molar-refractivity contribution in [3.8, 4) is 17.6 Å². The van der Waals surface area contributed by atoms with Gasteiger partial charge in [0, 0.05) is 6.54 Å². The number of ether oxygens (including phenoxy) is 2. The SMILES string of the molecule is Cc1cccc(OCCOc2cccc(CCNC(=O)CC#N)c2)c1. The van der Waals surface area contributed by atoms with E-state index < -0.39 is 0 Å². The van der Waals surface area contributed by atoms with Crippen LogP contribution < -0.4 is 14.8 Å². The first kappa shape index (κ1) is 18.3. The van der Waals surface area contributed by atoms with Crippen LogP contribution in [0.1, 0.15) is 17.5 Å². The van der Waals surface area contributed by atoms with Crippen molar-refractivity contribution in [3.05, 3.63) is 59.7 Å². The Labute approximate surface area is 148 Å². The van der Waals surface area contributed by atoms with Crippen LogP contribution in [-0.2, 0) is 11.2 Å². The number of hydrogen-bond donors (Lipinski definition) is 1. The molecule has 0 bridgehead atoms. The van der Waals surface area contributed by atoms with E-state index in [-0.39, 0.29) is 12.3 Å². The summed E-state index contributed by atoms with van der Waals surface area (Å²) in [6.07, 6.45) is 0.582. The molecule has 2 aromatic rings. The molecular weight excluding hydrogens is 316 g/mol. The van der Waals surface area contributed by atoms with Gasteiger partial charge in [-0.25, -0.2) is 0 Å². The molecule has 5 nitrogen and oxygen atoms in total. The highest BCUT2D eigenvalue weighted by molar-refractivity contribution is 5.77. The Kier molecular flexibility index (Phi) is 7.33. The predicted molar refractivity (Wildman–Crippen MR) is 95.6 cm³/mol. The van der Waals surface area contributed by atoms with Gasteiger partial charge in [-0.1, -0.05) is 24.3 Å². The van der Waals surface area contributed by atoms with Gasteiger partial charge in [0.25, 0.3) is 0 Å². The molecule has 0 aliphatic heterocycles. The molecule has 0 atom stereocenters. The highest BCUT2D eigenvalue weighted by atomic mass is 16.5. The van der Waals surface area contributed by atoms with Crippen molar-refractivity contribution in [2.24, 2.45) is 0 Å². The number of carbonyl (C=O) groups excluding carboxylic acids is 1. The summed E-state index contributed by atoms with van der Waals surface area (Å²) in [5, 5.41) is 11.1. The van der Waals surface area contributed by atoms with E-state index in [9.17, 15) is 4.79 Å². The van der Waals surface area contributed by atoms with Crippen molar-refractivity contribution >= 4 is 5.91 Å². The van der Waals surface area contributed by atoms with Crippen LogP contribution in [0.5, 0.6) is 11.5 Å². The summed E-state index contributed by atoms with van der Waals surface area (Å²) in [4.78, 5) is 11.2. The first-order chi connectivity index (χ1) is 12.2. The second-order valence-electron chi connectivity index (χ2n) is 5.60. The Morgan fingerprint density at radius 1 is 1.08 bits per heavy atom. The molecule has 0 saturated carbocycles. The Morgan fingerprint density at radius 2 is 1.76 bits per heavy atom. The molecule has 0 aromatic heterocycles. The third-order valence-corrected chi connectivity index (χ3v) is 3.48. The molecule has 0 aliphatic carbocycles. The van der Waals surface area contributed by atoms with Crippen LogP contribution in [0.4, 0.5) is 0 Å². The number of hydrogen-bond acceptors (Lipinski definition) is 4. The van der Waals surface area contributed by atoms with Crippen molar-refractivity contribution in [3.63, 3.8) is 0 Å². The van der Waals surface area contributed by atoms with Gasteiger partial charge in [-0.3, -0.25) is 4.79 Å². The zero-order valence-corrected chi connectivity index (χ0v) is 14.3. The fourth-order valence-corrected chi connectivity index (χ4v) is 2.30. The number of nitriles is 1. The molecule has 2 rings (SSSR count). The zero-order chi connectivity index (χ0) is 17.9. The van der Waals surface area contributed by atoms with E-state index in [1.54, 1.807) is 0 Å². The van der Waals surface area contributed by atoms with E-state index in [4.69, 9.17) is 14.7 Å². The van der Waals surface area contributed by atoms with Gasteiger partial charge >= 0.3 is 0 Å². The van der Waals surface area contributed by atoms with Gasteiger partial charge in [0.05, 0.1) is 6.07 Å². The summed E-state index contributed by atoms with van der Waals surface area (Å²) >= 11 is 0. The first-order valence-electron chi connectivity index (χ1n) is 8.22.